The van der Waals surface area contributed by atoms with Gasteiger partial charge in [-0.2, -0.15) is 0 Å². The van der Waals surface area contributed by atoms with Crippen LogP contribution in [0.5, 0.6) is 5.75 Å². The van der Waals surface area contributed by atoms with Crippen LogP contribution in [0, 0.1) is 0 Å². The Morgan fingerprint density at radius 3 is 2.65 bits per heavy atom. The summed E-state index contributed by atoms with van der Waals surface area (Å²) in [4.78, 5) is 0. The van der Waals surface area contributed by atoms with Gasteiger partial charge in [-0.1, -0.05) is 6.07 Å². The highest BCUT2D eigenvalue weighted by atomic mass is 32.2. The Hall–Kier alpha value is -1.93. The van der Waals surface area contributed by atoms with Crippen LogP contribution in [0.2, 0.25) is 0 Å². The molecular weight excluding hydrogens is 318 g/mol. The minimum atomic E-state index is -3.12. The van der Waals surface area contributed by atoms with Crippen molar-refractivity contribution in [1.82, 2.24) is 14.5 Å². The van der Waals surface area contributed by atoms with Gasteiger partial charge in [0.15, 0.2) is 0 Å². The third-order valence-corrected chi connectivity index (χ3v) is 5.33. The summed E-state index contributed by atoms with van der Waals surface area (Å²) in [6, 6.07) is 7.43. The van der Waals surface area contributed by atoms with Crippen LogP contribution in [0.25, 0.3) is 11.5 Å². The fourth-order valence-corrected chi connectivity index (χ4v) is 3.58. The lowest BCUT2D eigenvalue weighted by Gasteiger charge is -2.28. The van der Waals surface area contributed by atoms with Gasteiger partial charge in [0.2, 0.25) is 21.8 Å². The maximum absolute atomic E-state index is 11.5. The van der Waals surface area contributed by atoms with E-state index in [1.165, 1.54) is 10.6 Å². The number of ether oxygens (including phenoxy) is 1. The van der Waals surface area contributed by atoms with Crippen molar-refractivity contribution in [3.63, 3.8) is 0 Å². The Morgan fingerprint density at radius 1 is 1.26 bits per heavy atom. The first-order valence-electron chi connectivity index (χ1n) is 7.40. The van der Waals surface area contributed by atoms with Crippen molar-refractivity contribution in [2.45, 2.75) is 18.8 Å². The normalized spacial score (nSPS) is 17.3. The molecule has 1 aliphatic rings. The summed E-state index contributed by atoms with van der Waals surface area (Å²) in [7, 11) is -1.52. The molecule has 0 atom stereocenters. The average molecular weight is 337 g/mol. The number of sulfonamides is 1. The summed E-state index contributed by atoms with van der Waals surface area (Å²) in [5, 5.41) is 8.23. The van der Waals surface area contributed by atoms with Crippen molar-refractivity contribution < 1.29 is 17.6 Å². The molecule has 0 bridgehead atoms. The second kappa shape index (κ2) is 6.29. The SMILES string of the molecule is COc1cccc(-c2nnc(C3CCN(S(C)(=O)=O)CC3)o2)c1. The van der Waals surface area contributed by atoms with E-state index in [4.69, 9.17) is 9.15 Å². The van der Waals surface area contributed by atoms with E-state index in [-0.39, 0.29) is 5.92 Å². The van der Waals surface area contributed by atoms with Crippen LogP contribution in [0.15, 0.2) is 28.7 Å². The van der Waals surface area contributed by atoms with E-state index in [2.05, 4.69) is 10.2 Å². The van der Waals surface area contributed by atoms with Gasteiger partial charge >= 0.3 is 0 Å². The van der Waals surface area contributed by atoms with Gasteiger partial charge in [0, 0.05) is 24.6 Å². The minimum Gasteiger partial charge on any atom is -0.497 e. The van der Waals surface area contributed by atoms with Gasteiger partial charge in [0.1, 0.15) is 5.75 Å². The Kier molecular flexibility index (Phi) is 4.36. The van der Waals surface area contributed by atoms with Crippen LogP contribution in [0.1, 0.15) is 24.7 Å². The molecule has 7 nitrogen and oxygen atoms in total. The zero-order chi connectivity index (χ0) is 16.4. The third kappa shape index (κ3) is 3.53. The van der Waals surface area contributed by atoms with Crippen LogP contribution in [0.3, 0.4) is 0 Å². The lowest BCUT2D eigenvalue weighted by molar-refractivity contribution is 0.293. The van der Waals surface area contributed by atoms with E-state index in [1.807, 2.05) is 24.3 Å². The molecule has 0 amide bonds. The zero-order valence-electron chi connectivity index (χ0n) is 13.1. The summed E-state index contributed by atoms with van der Waals surface area (Å²) in [5.74, 6) is 1.84. The number of nitrogens with zero attached hydrogens (tertiary/aromatic N) is 3. The molecule has 1 saturated heterocycles. The molecular formula is C15H19N3O4S. The molecule has 0 N–H and O–H groups in total. The number of rotatable bonds is 4. The maximum Gasteiger partial charge on any atom is 0.247 e. The average Bonchev–Trinajstić information content (AvgIpc) is 3.04. The van der Waals surface area contributed by atoms with E-state index < -0.39 is 10.0 Å². The second-order valence-electron chi connectivity index (χ2n) is 5.61. The summed E-state index contributed by atoms with van der Waals surface area (Å²) in [6.45, 7) is 0.973. The van der Waals surface area contributed by atoms with Crippen molar-refractivity contribution in [1.29, 1.82) is 0 Å². The maximum atomic E-state index is 11.5. The quantitative estimate of drug-likeness (QED) is 0.847. The van der Waals surface area contributed by atoms with Crippen LogP contribution in [-0.2, 0) is 10.0 Å². The first-order valence-corrected chi connectivity index (χ1v) is 9.25. The van der Waals surface area contributed by atoms with Crippen molar-refractivity contribution in [3.05, 3.63) is 30.2 Å². The van der Waals surface area contributed by atoms with E-state index in [9.17, 15) is 8.42 Å². The summed E-state index contributed by atoms with van der Waals surface area (Å²) in [5.41, 5.74) is 0.802. The molecule has 1 aromatic heterocycles. The smallest absolute Gasteiger partial charge is 0.247 e. The number of benzene rings is 1. The van der Waals surface area contributed by atoms with E-state index in [1.54, 1.807) is 7.11 Å². The molecule has 0 radical (unpaired) electrons. The molecule has 1 aliphatic heterocycles. The molecule has 0 saturated carbocycles. The van der Waals surface area contributed by atoms with Crippen molar-refractivity contribution in [3.8, 4) is 17.2 Å². The highest BCUT2D eigenvalue weighted by Gasteiger charge is 2.29. The summed E-state index contributed by atoms with van der Waals surface area (Å²) in [6.07, 6.45) is 2.61. The monoisotopic (exact) mass is 337 g/mol. The van der Waals surface area contributed by atoms with Gasteiger partial charge in [0.05, 0.1) is 13.4 Å². The van der Waals surface area contributed by atoms with E-state index in [0.29, 0.717) is 37.7 Å². The molecule has 2 heterocycles. The first-order chi connectivity index (χ1) is 11.0. The predicted molar refractivity (Wildman–Crippen MR) is 84.7 cm³/mol. The van der Waals surface area contributed by atoms with Gasteiger partial charge in [0.25, 0.3) is 0 Å². The fraction of sp³-hybridized carbons (Fsp3) is 0.467. The van der Waals surface area contributed by atoms with Crippen LogP contribution in [-0.4, -0.2) is 49.4 Å². The largest absolute Gasteiger partial charge is 0.497 e. The number of piperidine rings is 1. The molecule has 0 unspecified atom stereocenters. The lowest BCUT2D eigenvalue weighted by atomic mass is 9.98. The molecule has 0 spiro atoms. The molecule has 124 valence electrons. The highest BCUT2D eigenvalue weighted by molar-refractivity contribution is 7.88. The summed E-state index contributed by atoms with van der Waals surface area (Å²) < 4.78 is 35.5. The molecule has 1 fully saturated rings. The number of hydrogen-bond acceptors (Lipinski definition) is 6. The topological polar surface area (TPSA) is 85.5 Å². The van der Waals surface area contributed by atoms with Crippen molar-refractivity contribution >= 4 is 10.0 Å². The molecule has 8 heteroatoms. The Bertz CT molecular complexity index is 780. The molecule has 3 rings (SSSR count). The van der Waals surface area contributed by atoms with Gasteiger partial charge in [-0.25, -0.2) is 12.7 Å². The minimum absolute atomic E-state index is 0.0971. The van der Waals surface area contributed by atoms with Crippen molar-refractivity contribution in [2.75, 3.05) is 26.5 Å². The van der Waals surface area contributed by atoms with Crippen molar-refractivity contribution in [2.24, 2.45) is 0 Å². The number of aromatic nitrogens is 2. The van der Waals surface area contributed by atoms with Gasteiger partial charge in [-0.05, 0) is 31.0 Å². The lowest BCUT2D eigenvalue weighted by Crippen LogP contribution is -2.37. The molecule has 2 aromatic rings. The fourth-order valence-electron chi connectivity index (χ4n) is 2.71. The Labute approximate surface area is 135 Å². The highest BCUT2D eigenvalue weighted by Crippen LogP contribution is 2.30. The summed E-state index contributed by atoms with van der Waals surface area (Å²) >= 11 is 0. The van der Waals surface area contributed by atoms with Crippen LogP contribution in [0.4, 0.5) is 0 Å². The number of methoxy groups -OCH3 is 1. The number of hydrogen-bond donors (Lipinski definition) is 0. The third-order valence-electron chi connectivity index (χ3n) is 4.03. The molecule has 23 heavy (non-hydrogen) atoms. The second-order valence-corrected chi connectivity index (χ2v) is 7.60. The molecule has 0 aliphatic carbocycles. The van der Waals surface area contributed by atoms with Gasteiger partial charge < -0.3 is 9.15 Å². The first kappa shape index (κ1) is 15.9. The van der Waals surface area contributed by atoms with Gasteiger partial charge in [-0.3, -0.25) is 0 Å². The van der Waals surface area contributed by atoms with Crippen LogP contribution >= 0.6 is 0 Å². The van der Waals surface area contributed by atoms with E-state index in [0.717, 1.165) is 11.3 Å². The zero-order valence-corrected chi connectivity index (χ0v) is 13.9. The van der Waals surface area contributed by atoms with Gasteiger partial charge in [-0.15, -0.1) is 10.2 Å². The standard InChI is InChI=1S/C15H19N3O4S/c1-21-13-5-3-4-12(10-13)15-17-16-14(22-15)11-6-8-18(9-7-11)23(2,19)20/h3-5,10-11H,6-9H2,1-2H3. The molecule has 1 aromatic carbocycles. The Morgan fingerprint density at radius 2 is 2.00 bits per heavy atom. The van der Waals surface area contributed by atoms with E-state index >= 15 is 0 Å². The Balaban J connectivity index is 1.73. The predicted octanol–water partition coefficient (Wildman–Crippen LogP) is 1.88. The van der Waals surface area contributed by atoms with Crippen LogP contribution < -0.4 is 4.74 Å².